The average Bonchev–Trinajstić information content (AvgIpc) is 3.26. The van der Waals surface area contributed by atoms with Crippen molar-refractivity contribution in [2.45, 2.75) is 30.7 Å². The van der Waals surface area contributed by atoms with Crippen LogP contribution in [0, 0.1) is 0 Å². The molecule has 1 aliphatic rings. The molecule has 8 nitrogen and oxygen atoms in total. The van der Waals surface area contributed by atoms with E-state index in [1.165, 1.54) is 7.11 Å². The van der Waals surface area contributed by atoms with Crippen LogP contribution in [-0.4, -0.2) is 56.4 Å². The summed E-state index contributed by atoms with van der Waals surface area (Å²) >= 11 is 0. The van der Waals surface area contributed by atoms with Crippen LogP contribution in [0.2, 0.25) is 0 Å². The van der Waals surface area contributed by atoms with Crippen LogP contribution in [0.4, 0.5) is 0 Å². The number of benzene rings is 6. The van der Waals surface area contributed by atoms with Gasteiger partial charge in [-0.15, -0.1) is 0 Å². The molecule has 55 heavy (non-hydrogen) atoms. The number of carbonyl (C=O) groups excluding carboxylic acids is 2. The van der Waals surface area contributed by atoms with Crippen LogP contribution in [0.1, 0.15) is 20.7 Å². The Morgan fingerprint density at radius 1 is 0.491 bits per heavy atom. The minimum atomic E-state index is -1.52. The minimum Gasteiger partial charge on any atom is -0.459 e. The van der Waals surface area contributed by atoms with Crippen molar-refractivity contribution >= 4 is 49.5 Å². The normalized spacial score (nSPS) is 19.5. The molecule has 5 atom stereocenters. The minimum absolute atomic E-state index is 0.196. The molecule has 0 saturated carbocycles. The molecule has 6 aromatic carbocycles. The quantitative estimate of drug-likeness (QED) is 0.0843. The van der Waals surface area contributed by atoms with Crippen molar-refractivity contribution in [3.63, 3.8) is 0 Å². The van der Waals surface area contributed by atoms with Gasteiger partial charge in [-0.05, 0) is 24.3 Å². The Balaban J connectivity index is 1.35. The first-order valence-electron chi connectivity index (χ1n) is 17.9. The predicted octanol–water partition coefficient (Wildman–Crippen LogP) is 7.31. The molecule has 0 spiro atoms. The summed E-state index contributed by atoms with van der Waals surface area (Å²) in [6, 6.07) is 57.3. The van der Waals surface area contributed by atoms with E-state index in [0.717, 1.165) is 21.2 Å². The maximum atomic E-state index is 13.9. The molecule has 0 radical (unpaired) electrons. The van der Waals surface area contributed by atoms with E-state index in [1.54, 1.807) is 48.5 Å². The Hall–Kier alpha value is -5.04. The van der Waals surface area contributed by atoms with E-state index in [4.69, 9.17) is 28.0 Å². The lowest BCUT2D eigenvalue weighted by Crippen LogP contribution is -2.62. The van der Waals surface area contributed by atoms with E-state index >= 15 is 0 Å². The molecular weight excluding hydrogens is 730 g/mol. The van der Waals surface area contributed by atoms with Crippen LogP contribution < -0.4 is 21.2 Å². The fourth-order valence-corrected chi connectivity index (χ4v) is 10.0. The summed E-state index contributed by atoms with van der Waals surface area (Å²) in [6.07, 6.45) is -5.04. The molecule has 10 heteroatoms. The highest BCUT2D eigenvalue weighted by Gasteiger charge is 2.52. The second kappa shape index (κ2) is 19.0. The number of carbonyl (C=O) groups is 2. The molecule has 1 heterocycles. The number of hydrogen-bond donors (Lipinski definition) is 0. The largest absolute Gasteiger partial charge is 0.459 e. The standard InChI is InChI=1S/C45H40O8P2/c1-48-45-42(51-44(47)34-22-10-3-11-23-34)41(53-55(37-28-16-6-17-29-37)38-30-18-7-19-31-38)40(39(50-45)32-49-43(46)33-20-8-2-9-21-33)52-54(35-24-12-4-13-25-35)36-26-14-5-15-27-36/h2-31,39-42,45H,32H2,1H3/t39-,40-,41+,42-,45+/m1/s1. The lowest BCUT2D eigenvalue weighted by atomic mass is 9.99. The topological polar surface area (TPSA) is 89.5 Å². The third-order valence-electron chi connectivity index (χ3n) is 8.88. The monoisotopic (exact) mass is 770 g/mol. The smallest absolute Gasteiger partial charge is 0.338 e. The van der Waals surface area contributed by atoms with Gasteiger partial charge >= 0.3 is 11.9 Å². The van der Waals surface area contributed by atoms with Gasteiger partial charge in [0, 0.05) is 28.3 Å². The molecule has 1 fully saturated rings. The summed E-state index contributed by atoms with van der Waals surface area (Å²) in [6.45, 7) is -0.196. The van der Waals surface area contributed by atoms with Gasteiger partial charge in [0.15, 0.2) is 12.4 Å². The van der Waals surface area contributed by atoms with Crippen molar-refractivity contribution in [2.75, 3.05) is 13.7 Å². The van der Waals surface area contributed by atoms with E-state index < -0.39 is 58.9 Å². The van der Waals surface area contributed by atoms with Crippen LogP contribution in [0.25, 0.3) is 0 Å². The van der Waals surface area contributed by atoms with Crippen molar-refractivity contribution < 1.29 is 37.6 Å². The Bertz CT molecular complexity index is 2000. The van der Waals surface area contributed by atoms with Gasteiger partial charge in [-0.3, -0.25) is 0 Å². The summed E-state index contributed by atoms with van der Waals surface area (Å²) in [5.41, 5.74) is 0.755. The molecular formula is C45H40O8P2. The maximum absolute atomic E-state index is 13.9. The maximum Gasteiger partial charge on any atom is 0.338 e. The van der Waals surface area contributed by atoms with Crippen LogP contribution in [-0.2, 0) is 28.0 Å². The zero-order valence-electron chi connectivity index (χ0n) is 30.1. The first-order chi connectivity index (χ1) is 27.1. The van der Waals surface area contributed by atoms with Crippen LogP contribution in [0.5, 0.6) is 0 Å². The molecule has 0 N–H and O–H groups in total. The van der Waals surface area contributed by atoms with Crippen molar-refractivity contribution in [3.8, 4) is 0 Å². The second-order valence-electron chi connectivity index (χ2n) is 12.6. The first-order valence-corrected chi connectivity index (χ1v) is 20.4. The van der Waals surface area contributed by atoms with E-state index in [1.807, 2.05) is 133 Å². The fraction of sp³-hybridized carbons (Fsp3) is 0.156. The van der Waals surface area contributed by atoms with E-state index in [0.29, 0.717) is 11.1 Å². The highest BCUT2D eigenvalue weighted by molar-refractivity contribution is 7.69. The molecule has 7 rings (SSSR count). The molecule has 1 saturated heterocycles. The van der Waals surface area contributed by atoms with Crippen molar-refractivity contribution in [2.24, 2.45) is 0 Å². The lowest BCUT2D eigenvalue weighted by Gasteiger charge is -2.46. The summed E-state index contributed by atoms with van der Waals surface area (Å²) in [7, 11) is -1.55. The van der Waals surface area contributed by atoms with Gasteiger partial charge in [0.25, 0.3) is 0 Å². The van der Waals surface area contributed by atoms with Gasteiger partial charge in [-0.1, -0.05) is 158 Å². The molecule has 1 aliphatic heterocycles. The molecule has 0 unspecified atom stereocenters. The highest BCUT2D eigenvalue weighted by Crippen LogP contribution is 2.46. The lowest BCUT2D eigenvalue weighted by molar-refractivity contribution is -0.283. The predicted molar refractivity (Wildman–Crippen MR) is 216 cm³/mol. The third kappa shape index (κ3) is 9.62. The van der Waals surface area contributed by atoms with Gasteiger partial charge in [0.2, 0.25) is 0 Å². The van der Waals surface area contributed by atoms with Crippen molar-refractivity contribution in [1.29, 1.82) is 0 Å². The zero-order valence-corrected chi connectivity index (χ0v) is 31.9. The van der Waals surface area contributed by atoms with E-state index in [-0.39, 0.29) is 6.61 Å². The number of methoxy groups -OCH3 is 1. The molecule has 278 valence electrons. The molecule has 0 bridgehead atoms. The van der Waals surface area contributed by atoms with Gasteiger partial charge in [-0.2, -0.15) is 0 Å². The summed E-state index contributed by atoms with van der Waals surface area (Å²) in [5, 5.41) is 3.78. The van der Waals surface area contributed by atoms with Gasteiger partial charge in [0.1, 0.15) is 24.9 Å². The number of esters is 2. The SMILES string of the molecule is CO[C@H]1O[C@H](COC(=O)c2ccccc2)[C@@H](OP(c2ccccc2)c2ccccc2)[C@H](OP(c2ccccc2)c2ccccc2)[C@H]1OC(=O)c1ccccc1. The summed E-state index contributed by atoms with van der Waals surface area (Å²) in [5.74, 6) is -1.09. The summed E-state index contributed by atoms with van der Waals surface area (Å²) < 4.78 is 39.5. The molecule has 0 aromatic heterocycles. The number of rotatable bonds is 14. The number of hydrogen-bond acceptors (Lipinski definition) is 8. The molecule has 6 aromatic rings. The Kier molecular flexibility index (Phi) is 13.2. The Morgan fingerprint density at radius 3 is 1.25 bits per heavy atom. The zero-order chi connectivity index (χ0) is 37.8. The Morgan fingerprint density at radius 2 is 0.855 bits per heavy atom. The first kappa shape index (κ1) is 38.2. The third-order valence-corrected chi connectivity index (χ3v) is 12.9. The van der Waals surface area contributed by atoms with Gasteiger partial charge in [0.05, 0.1) is 27.4 Å². The van der Waals surface area contributed by atoms with Crippen molar-refractivity contribution in [1.82, 2.24) is 0 Å². The molecule has 0 amide bonds. The van der Waals surface area contributed by atoms with Crippen LogP contribution in [0.3, 0.4) is 0 Å². The van der Waals surface area contributed by atoms with Gasteiger partial charge in [-0.25, -0.2) is 9.59 Å². The summed E-state index contributed by atoms with van der Waals surface area (Å²) in [4.78, 5) is 27.2. The fourth-order valence-electron chi connectivity index (χ4n) is 6.19. The van der Waals surface area contributed by atoms with Crippen molar-refractivity contribution in [3.05, 3.63) is 193 Å². The van der Waals surface area contributed by atoms with E-state index in [2.05, 4.69) is 0 Å². The van der Waals surface area contributed by atoms with Crippen LogP contribution in [0.15, 0.2) is 182 Å². The van der Waals surface area contributed by atoms with Gasteiger partial charge < -0.3 is 28.0 Å². The second-order valence-corrected chi connectivity index (χ2v) is 16.2. The van der Waals surface area contributed by atoms with E-state index in [9.17, 15) is 9.59 Å². The number of ether oxygens (including phenoxy) is 4. The highest BCUT2D eigenvalue weighted by atomic mass is 31.1. The average molecular weight is 771 g/mol. The van der Waals surface area contributed by atoms with Crippen LogP contribution >= 0.6 is 16.3 Å². The Labute approximate surface area is 323 Å². The molecule has 0 aliphatic carbocycles.